The number of benzene rings is 1. The minimum atomic E-state index is -0.347. The van der Waals surface area contributed by atoms with E-state index in [0.29, 0.717) is 12.2 Å². The van der Waals surface area contributed by atoms with Gasteiger partial charge in [0.05, 0.1) is 18.6 Å². The molecule has 2 aromatic heterocycles. The van der Waals surface area contributed by atoms with Gasteiger partial charge in [0.1, 0.15) is 11.3 Å². The topological polar surface area (TPSA) is 57.3 Å². The number of aryl methyl sites for hydroxylation is 2. The Morgan fingerprint density at radius 1 is 1.23 bits per heavy atom. The summed E-state index contributed by atoms with van der Waals surface area (Å²) >= 11 is 0. The van der Waals surface area contributed by atoms with Gasteiger partial charge in [0, 0.05) is 30.3 Å². The number of hydrogen-bond donors (Lipinski definition) is 0. The van der Waals surface area contributed by atoms with Crippen LogP contribution in [0.5, 0.6) is 5.75 Å². The van der Waals surface area contributed by atoms with Crippen molar-refractivity contribution in [3.63, 3.8) is 0 Å². The zero-order valence-corrected chi connectivity index (χ0v) is 12.5. The summed E-state index contributed by atoms with van der Waals surface area (Å²) in [5.74, 6) is 0.723. The van der Waals surface area contributed by atoms with Crippen LogP contribution in [0.3, 0.4) is 0 Å². The molecule has 0 N–H and O–H groups in total. The third-order valence-electron chi connectivity index (χ3n) is 3.44. The van der Waals surface area contributed by atoms with E-state index in [0.717, 1.165) is 36.2 Å². The van der Waals surface area contributed by atoms with E-state index in [-0.39, 0.29) is 5.63 Å². The number of fused-ring (bicyclic) bond motifs is 1. The van der Waals surface area contributed by atoms with Crippen molar-refractivity contribution >= 4 is 11.0 Å². The zero-order chi connectivity index (χ0) is 15.4. The molecule has 0 spiro atoms. The molecule has 0 fully saturated rings. The van der Waals surface area contributed by atoms with E-state index in [1.807, 2.05) is 31.6 Å². The Balaban J connectivity index is 1.50. The van der Waals surface area contributed by atoms with Gasteiger partial charge in [0.2, 0.25) is 0 Å². The van der Waals surface area contributed by atoms with Crippen molar-refractivity contribution in [1.29, 1.82) is 0 Å². The molecule has 0 aliphatic heterocycles. The summed E-state index contributed by atoms with van der Waals surface area (Å²) in [4.78, 5) is 15.4. The maximum absolute atomic E-state index is 11.2. The van der Waals surface area contributed by atoms with Crippen LogP contribution >= 0.6 is 0 Å². The Labute approximate surface area is 128 Å². The molecular weight excluding hydrogens is 280 g/mol. The van der Waals surface area contributed by atoms with Gasteiger partial charge in [-0.25, -0.2) is 9.78 Å². The van der Waals surface area contributed by atoms with E-state index in [1.165, 1.54) is 6.07 Å². The maximum Gasteiger partial charge on any atom is 0.336 e. The van der Waals surface area contributed by atoms with Gasteiger partial charge in [0.15, 0.2) is 0 Å². The lowest BCUT2D eigenvalue weighted by Crippen LogP contribution is -2.01. The summed E-state index contributed by atoms with van der Waals surface area (Å²) < 4.78 is 12.9. The van der Waals surface area contributed by atoms with Crippen LogP contribution in [0.15, 0.2) is 52.1 Å². The average Bonchev–Trinajstić information content (AvgIpc) is 2.92. The second-order valence-electron chi connectivity index (χ2n) is 5.26. The van der Waals surface area contributed by atoms with Gasteiger partial charge in [-0.15, -0.1) is 0 Å². The van der Waals surface area contributed by atoms with Crippen molar-refractivity contribution in [1.82, 2.24) is 9.55 Å². The number of ether oxygens (including phenoxy) is 1. The van der Waals surface area contributed by atoms with E-state index in [4.69, 9.17) is 9.15 Å². The molecule has 0 aliphatic carbocycles. The van der Waals surface area contributed by atoms with Crippen LogP contribution in [-0.2, 0) is 6.54 Å². The Kier molecular flexibility index (Phi) is 4.23. The SMILES string of the molecule is Cc1cn(CCCCOc2ccc3ccc(=O)oc3c2)cn1. The first kappa shape index (κ1) is 14.4. The highest BCUT2D eigenvalue weighted by Gasteiger charge is 2.01. The molecule has 0 atom stereocenters. The number of unbranched alkanes of at least 4 members (excludes halogenated alkanes) is 1. The van der Waals surface area contributed by atoms with Crippen molar-refractivity contribution in [2.24, 2.45) is 0 Å². The molecule has 5 heteroatoms. The summed E-state index contributed by atoms with van der Waals surface area (Å²) in [5.41, 5.74) is 1.24. The molecule has 0 saturated heterocycles. The molecule has 0 bridgehead atoms. The van der Waals surface area contributed by atoms with Gasteiger partial charge < -0.3 is 13.7 Å². The first-order valence-electron chi connectivity index (χ1n) is 7.36. The Morgan fingerprint density at radius 2 is 2.09 bits per heavy atom. The van der Waals surface area contributed by atoms with Gasteiger partial charge in [-0.2, -0.15) is 0 Å². The molecule has 5 nitrogen and oxygen atoms in total. The van der Waals surface area contributed by atoms with Crippen LogP contribution in [0.2, 0.25) is 0 Å². The maximum atomic E-state index is 11.2. The zero-order valence-electron chi connectivity index (χ0n) is 12.5. The fraction of sp³-hybridized carbons (Fsp3) is 0.294. The predicted octanol–water partition coefficient (Wildman–Crippen LogP) is 3.16. The van der Waals surface area contributed by atoms with E-state index in [1.54, 1.807) is 12.1 Å². The standard InChI is InChI=1S/C17H18N2O3/c1-13-11-19(12-18-13)8-2-3-9-21-15-6-4-14-5-7-17(20)22-16(14)10-15/h4-7,10-12H,2-3,8-9H2,1H3. The fourth-order valence-electron chi connectivity index (χ4n) is 2.31. The number of rotatable bonds is 6. The molecule has 1 aromatic carbocycles. The Morgan fingerprint density at radius 3 is 2.91 bits per heavy atom. The molecule has 0 amide bonds. The second-order valence-corrected chi connectivity index (χ2v) is 5.26. The summed E-state index contributed by atoms with van der Waals surface area (Å²) in [6.07, 6.45) is 5.86. The normalized spacial score (nSPS) is 11.0. The number of hydrogen-bond acceptors (Lipinski definition) is 4. The first-order valence-corrected chi connectivity index (χ1v) is 7.36. The second kappa shape index (κ2) is 6.47. The monoisotopic (exact) mass is 298 g/mol. The Bertz CT molecular complexity index is 820. The van der Waals surface area contributed by atoms with Crippen LogP contribution in [0.25, 0.3) is 11.0 Å². The molecule has 114 valence electrons. The highest BCUT2D eigenvalue weighted by molar-refractivity contribution is 5.77. The third kappa shape index (κ3) is 3.55. The van der Waals surface area contributed by atoms with Gasteiger partial charge in [-0.3, -0.25) is 0 Å². The lowest BCUT2D eigenvalue weighted by atomic mass is 10.2. The third-order valence-corrected chi connectivity index (χ3v) is 3.44. The molecular formula is C17H18N2O3. The molecule has 0 aliphatic rings. The van der Waals surface area contributed by atoms with Gasteiger partial charge in [-0.05, 0) is 38.0 Å². The van der Waals surface area contributed by atoms with Crippen LogP contribution in [-0.4, -0.2) is 16.2 Å². The van der Waals surface area contributed by atoms with E-state index in [2.05, 4.69) is 9.55 Å². The Hall–Kier alpha value is -2.56. The van der Waals surface area contributed by atoms with Gasteiger partial charge in [-0.1, -0.05) is 0 Å². The van der Waals surface area contributed by atoms with Crippen molar-refractivity contribution in [3.8, 4) is 5.75 Å². The highest BCUT2D eigenvalue weighted by Crippen LogP contribution is 2.19. The van der Waals surface area contributed by atoms with Crippen LogP contribution in [0, 0.1) is 6.92 Å². The smallest absolute Gasteiger partial charge is 0.336 e. The number of aromatic nitrogens is 2. The van der Waals surface area contributed by atoms with Crippen molar-refractivity contribution < 1.29 is 9.15 Å². The number of nitrogens with zero attached hydrogens (tertiary/aromatic N) is 2. The molecule has 2 heterocycles. The molecule has 3 rings (SSSR count). The summed E-state index contributed by atoms with van der Waals surface area (Å²) in [6.45, 7) is 3.56. The van der Waals surface area contributed by atoms with Crippen LogP contribution < -0.4 is 10.4 Å². The van der Waals surface area contributed by atoms with Crippen molar-refractivity contribution in [2.45, 2.75) is 26.3 Å². The molecule has 0 unspecified atom stereocenters. The average molecular weight is 298 g/mol. The lowest BCUT2D eigenvalue weighted by Gasteiger charge is -2.07. The predicted molar refractivity (Wildman–Crippen MR) is 84.2 cm³/mol. The fourth-order valence-corrected chi connectivity index (χ4v) is 2.31. The number of imidazole rings is 1. The minimum Gasteiger partial charge on any atom is -0.493 e. The first-order chi connectivity index (χ1) is 10.7. The quantitative estimate of drug-likeness (QED) is 0.518. The van der Waals surface area contributed by atoms with Gasteiger partial charge >= 0.3 is 5.63 Å². The minimum absolute atomic E-state index is 0.347. The lowest BCUT2D eigenvalue weighted by molar-refractivity contribution is 0.303. The molecule has 3 aromatic rings. The summed E-state index contributed by atoms with van der Waals surface area (Å²) in [7, 11) is 0. The van der Waals surface area contributed by atoms with Gasteiger partial charge in [0.25, 0.3) is 0 Å². The van der Waals surface area contributed by atoms with Crippen molar-refractivity contribution in [3.05, 3.63) is 59.0 Å². The molecule has 22 heavy (non-hydrogen) atoms. The largest absolute Gasteiger partial charge is 0.493 e. The van der Waals surface area contributed by atoms with Crippen LogP contribution in [0.4, 0.5) is 0 Å². The van der Waals surface area contributed by atoms with E-state index in [9.17, 15) is 4.79 Å². The van der Waals surface area contributed by atoms with E-state index >= 15 is 0 Å². The summed E-state index contributed by atoms with van der Waals surface area (Å²) in [6, 6.07) is 8.71. The summed E-state index contributed by atoms with van der Waals surface area (Å²) in [5, 5.41) is 0.891. The molecule has 0 radical (unpaired) electrons. The van der Waals surface area contributed by atoms with E-state index < -0.39 is 0 Å². The molecule has 0 saturated carbocycles. The highest BCUT2D eigenvalue weighted by atomic mass is 16.5. The van der Waals surface area contributed by atoms with Crippen molar-refractivity contribution in [2.75, 3.05) is 6.61 Å². The van der Waals surface area contributed by atoms with Crippen LogP contribution in [0.1, 0.15) is 18.5 Å².